The zero-order chi connectivity index (χ0) is 13.7. The maximum Gasteiger partial charge on any atom is 0.253 e. The molecule has 0 saturated heterocycles. The summed E-state index contributed by atoms with van der Waals surface area (Å²) in [6.07, 6.45) is 6.76. The molecule has 1 amide bonds. The Balaban J connectivity index is 2.02. The fraction of sp³-hybridized carbons (Fsp3) is 0.571. The number of hydrogen-bond donors (Lipinski definition) is 3. The minimum atomic E-state index is -0.178. The molecule has 1 fully saturated rings. The molecule has 0 aromatic carbocycles. The lowest BCUT2D eigenvalue weighted by molar-refractivity contribution is 0.0899. The van der Waals surface area contributed by atoms with Gasteiger partial charge in [0.05, 0.1) is 5.56 Å². The molecule has 2 unspecified atom stereocenters. The zero-order valence-electron chi connectivity index (χ0n) is 10.9. The number of carbonyl (C=O) groups is 1. The van der Waals surface area contributed by atoms with Gasteiger partial charge in [-0.05, 0) is 18.9 Å². The van der Waals surface area contributed by atoms with Crippen molar-refractivity contribution in [1.82, 2.24) is 10.3 Å². The number of nitrogens with one attached hydrogen (secondary N) is 2. The van der Waals surface area contributed by atoms with Crippen LogP contribution in [0.2, 0.25) is 0 Å². The first-order valence-electron chi connectivity index (χ1n) is 6.75. The van der Waals surface area contributed by atoms with Crippen molar-refractivity contribution in [2.75, 3.05) is 6.61 Å². The summed E-state index contributed by atoms with van der Waals surface area (Å²) in [5.41, 5.74) is 0.849. The molecule has 2 rings (SSSR count). The van der Waals surface area contributed by atoms with Crippen molar-refractivity contribution < 1.29 is 9.90 Å². The summed E-state index contributed by atoms with van der Waals surface area (Å²) in [6, 6.07) is 3.53. The maximum absolute atomic E-state index is 12.1. The fourth-order valence-electron chi connectivity index (χ4n) is 2.63. The average molecular weight is 261 g/mol. The first-order valence-corrected chi connectivity index (χ1v) is 6.75. The Morgan fingerprint density at radius 2 is 2.26 bits per heavy atom. The number of carbonyl (C=O) groups excluding carboxylic acids is 1. The normalized spacial score (nSPS) is 23.4. The average Bonchev–Trinajstić information content (AvgIpc) is 2.80. The van der Waals surface area contributed by atoms with Gasteiger partial charge in [0.1, 0.15) is 11.8 Å². The molecule has 1 heterocycles. The van der Waals surface area contributed by atoms with E-state index in [-0.39, 0.29) is 24.5 Å². The Morgan fingerprint density at radius 1 is 1.47 bits per heavy atom. The SMILES string of the molecule is N#Cc1cc(C(=O)NC2CCCCCC2CO)c[nH]1. The molecular formula is C14H19N3O2. The van der Waals surface area contributed by atoms with Crippen LogP contribution in [0.3, 0.4) is 0 Å². The smallest absolute Gasteiger partial charge is 0.253 e. The summed E-state index contributed by atoms with van der Waals surface area (Å²) in [5.74, 6) is -0.0380. The van der Waals surface area contributed by atoms with Crippen LogP contribution in [-0.4, -0.2) is 28.6 Å². The van der Waals surface area contributed by atoms with E-state index >= 15 is 0 Å². The first kappa shape index (κ1) is 13.6. The molecule has 0 spiro atoms. The van der Waals surface area contributed by atoms with E-state index in [1.54, 1.807) is 12.3 Å². The van der Waals surface area contributed by atoms with Crippen molar-refractivity contribution in [2.24, 2.45) is 5.92 Å². The number of hydrogen-bond acceptors (Lipinski definition) is 3. The summed E-state index contributed by atoms with van der Waals surface area (Å²) in [7, 11) is 0. The number of aliphatic hydroxyl groups excluding tert-OH is 1. The molecule has 0 radical (unpaired) electrons. The number of H-pyrrole nitrogens is 1. The van der Waals surface area contributed by atoms with Crippen LogP contribution in [0.4, 0.5) is 0 Å². The van der Waals surface area contributed by atoms with Gasteiger partial charge in [0, 0.05) is 24.8 Å². The molecule has 5 heteroatoms. The number of aromatic nitrogens is 1. The minimum absolute atomic E-state index is 0.0282. The van der Waals surface area contributed by atoms with Crippen LogP contribution in [0.25, 0.3) is 0 Å². The van der Waals surface area contributed by atoms with Crippen LogP contribution in [0.1, 0.15) is 48.2 Å². The van der Waals surface area contributed by atoms with Crippen molar-refractivity contribution in [3.8, 4) is 6.07 Å². The van der Waals surface area contributed by atoms with Crippen LogP contribution in [0.15, 0.2) is 12.3 Å². The van der Waals surface area contributed by atoms with E-state index in [1.807, 2.05) is 6.07 Å². The van der Waals surface area contributed by atoms with E-state index in [0.29, 0.717) is 11.3 Å². The van der Waals surface area contributed by atoms with Crippen LogP contribution in [0.5, 0.6) is 0 Å². The summed E-state index contributed by atoms with van der Waals surface area (Å²) in [5, 5.41) is 21.1. The van der Waals surface area contributed by atoms with Crippen LogP contribution in [-0.2, 0) is 0 Å². The van der Waals surface area contributed by atoms with Gasteiger partial charge in [-0.3, -0.25) is 4.79 Å². The molecule has 0 bridgehead atoms. The second kappa shape index (κ2) is 6.39. The van der Waals surface area contributed by atoms with Crippen LogP contribution >= 0.6 is 0 Å². The molecule has 102 valence electrons. The molecule has 1 aromatic rings. The topological polar surface area (TPSA) is 88.9 Å². The van der Waals surface area contributed by atoms with Crippen molar-refractivity contribution in [3.05, 3.63) is 23.5 Å². The van der Waals surface area contributed by atoms with Gasteiger partial charge in [0.15, 0.2) is 0 Å². The Kier molecular flexibility index (Phi) is 4.58. The molecule has 1 saturated carbocycles. The van der Waals surface area contributed by atoms with E-state index < -0.39 is 0 Å². The van der Waals surface area contributed by atoms with Crippen molar-refractivity contribution in [1.29, 1.82) is 5.26 Å². The lowest BCUT2D eigenvalue weighted by Gasteiger charge is -2.24. The fourth-order valence-corrected chi connectivity index (χ4v) is 2.63. The second-order valence-electron chi connectivity index (χ2n) is 5.07. The highest BCUT2D eigenvalue weighted by molar-refractivity contribution is 5.94. The highest BCUT2D eigenvalue weighted by Gasteiger charge is 2.25. The van der Waals surface area contributed by atoms with Gasteiger partial charge in [-0.2, -0.15) is 5.26 Å². The molecule has 1 aliphatic carbocycles. The lowest BCUT2D eigenvalue weighted by Crippen LogP contribution is -2.41. The number of nitrogens with zero attached hydrogens (tertiary/aromatic N) is 1. The van der Waals surface area contributed by atoms with Crippen molar-refractivity contribution >= 4 is 5.91 Å². The van der Waals surface area contributed by atoms with E-state index in [1.165, 1.54) is 0 Å². The molecular weight excluding hydrogens is 242 g/mol. The van der Waals surface area contributed by atoms with Gasteiger partial charge in [0.25, 0.3) is 5.91 Å². The summed E-state index contributed by atoms with van der Waals surface area (Å²) in [6.45, 7) is 0.113. The highest BCUT2D eigenvalue weighted by atomic mass is 16.3. The zero-order valence-corrected chi connectivity index (χ0v) is 10.9. The van der Waals surface area contributed by atoms with Crippen LogP contribution < -0.4 is 5.32 Å². The molecule has 3 N–H and O–H groups in total. The van der Waals surface area contributed by atoms with Gasteiger partial charge in [-0.15, -0.1) is 0 Å². The molecule has 2 atom stereocenters. The Bertz CT molecular complexity index is 475. The minimum Gasteiger partial charge on any atom is -0.396 e. The third-order valence-electron chi connectivity index (χ3n) is 3.78. The molecule has 5 nitrogen and oxygen atoms in total. The lowest BCUT2D eigenvalue weighted by atomic mass is 9.95. The number of nitriles is 1. The van der Waals surface area contributed by atoms with Gasteiger partial charge in [-0.25, -0.2) is 0 Å². The van der Waals surface area contributed by atoms with E-state index in [9.17, 15) is 9.90 Å². The standard InChI is InChI=1S/C14H19N3O2/c15-7-12-6-11(8-16-12)14(19)17-13-5-3-1-2-4-10(13)9-18/h6,8,10,13,16,18H,1-5,9H2,(H,17,19). The highest BCUT2D eigenvalue weighted by Crippen LogP contribution is 2.23. The van der Waals surface area contributed by atoms with E-state index in [4.69, 9.17) is 5.26 Å². The number of rotatable bonds is 3. The van der Waals surface area contributed by atoms with Gasteiger partial charge < -0.3 is 15.4 Å². The predicted molar refractivity (Wildman–Crippen MR) is 70.4 cm³/mol. The van der Waals surface area contributed by atoms with Crippen LogP contribution in [0, 0.1) is 17.2 Å². The molecule has 1 aromatic heterocycles. The van der Waals surface area contributed by atoms with Crippen molar-refractivity contribution in [2.45, 2.75) is 38.1 Å². The number of aliphatic hydroxyl groups is 1. The Hall–Kier alpha value is -1.80. The van der Waals surface area contributed by atoms with E-state index in [2.05, 4.69) is 10.3 Å². The molecule has 1 aliphatic rings. The Labute approximate surface area is 112 Å². The molecule has 0 aliphatic heterocycles. The quantitative estimate of drug-likeness (QED) is 0.721. The van der Waals surface area contributed by atoms with Gasteiger partial charge in [0.2, 0.25) is 0 Å². The third-order valence-corrected chi connectivity index (χ3v) is 3.78. The predicted octanol–water partition coefficient (Wildman–Crippen LogP) is 1.56. The van der Waals surface area contributed by atoms with Crippen molar-refractivity contribution in [3.63, 3.8) is 0 Å². The van der Waals surface area contributed by atoms with Gasteiger partial charge in [-0.1, -0.05) is 19.3 Å². The molecule has 19 heavy (non-hydrogen) atoms. The summed E-state index contributed by atoms with van der Waals surface area (Å²) >= 11 is 0. The van der Waals surface area contributed by atoms with E-state index in [0.717, 1.165) is 32.1 Å². The number of amides is 1. The largest absolute Gasteiger partial charge is 0.396 e. The number of aromatic amines is 1. The maximum atomic E-state index is 12.1. The summed E-state index contributed by atoms with van der Waals surface area (Å²) < 4.78 is 0. The summed E-state index contributed by atoms with van der Waals surface area (Å²) in [4.78, 5) is 14.8. The third kappa shape index (κ3) is 3.36. The Morgan fingerprint density at radius 3 is 2.95 bits per heavy atom. The monoisotopic (exact) mass is 261 g/mol. The van der Waals surface area contributed by atoms with Gasteiger partial charge >= 0.3 is 0 Å². The second-order valence-corrected chi connectivity index (χ2v) is 5.07. The first-order chi connectivity index (χ1) is 9.24.